The Kier molecular flexibility index (Phi) is 6.13. The van der Waals surface area contributed by atoms with Crippen molar-refractivity contribution in [1.82, 2.24) is 0 Å². The van der Waals surface area contributed by atoms with E-state index in [1.807, 2.05) is 48.5 Å². The molecule has 208 valence electrons. The zero-order valence-corrected chi connectivity index (χ0v) is 24.0. The first-order chi connectivity index (χ1) is 20.3. The summed E-state index contributed by atoms with van der Waals surface area (Å²) < 4.78 is 9.50. The van der Waals surface area contributed by atoms with Gasteiger partial charge in [0.25, 0.3) is 0 Å². The van der Waals surface area contributed by atoms with Crippen molar-refractivity contribution in [2.24, 2.45) is 11.8 Å². The van der Waals surface area contributed by atoms with E-state index in [4.69, 9.17) is 9.47 Å². The van der Waals surface area contributed by atoms with Gasteiger partial charge in [-0.2, -0.15) is 0 Å². The van der Waals surface area contributed by atoms with Crippen molar-refractivity contribution in [3.8, 4) is 5.75 Å². The van der Waals surface area contributed by atoms with Crippen LogP contribution < -0.4 is 9.64 Å². The Morgan fingerprint density at radius 3 is 1.95 bits per heavy atom. The number of carbonyl (C=O) groups excluding carboxylic acids is 4. The molecule has 4 aliphatic rings. The summed E-state index contributed by atoms with van der Waals surface area (Å²) in [6, 6.07) is 28.7. The van der Waals surface area contributed by atoms with E-state index >= 15 is 0 Å². The number of methoxy groups -OCH3 is 1. The second-order valence-corrected chi connectivity index (χ2v) is 11.9. The summed E-state index contributed by atoms with van der Waals surface area (Å²) in [4.78, 5) is 54.5. The lowest BCUT2D eigenvalue weighted by Crippen LogP contribution is -2.50. The van der Waals surface area contributed by atoms with Crippen LogP contribution in [0.5, 0.6) is 5.75 Å². The van der Waals surface area contributed by atoms with Crippen molar-refractivity contribution >= 4 is 45.2 Å². The molecule has 8 rings (SSSR count). The summed E-state index contributed by atoms with van der Waals surface area (Å²) >= 11 is 3.99. The number of carbonyl (C=O) groups is 4. The molecule has 2 amide bonds. The van der Waals surface area contributed by atoms with Gasteiger partial charge < -0.3 is 9.47 Å². The maximum atomic E-state index is 14.1. The SMILES string of the molecule is COc1ccc(C(=O)COC(=O)c2ccc(N3C(=O)C4C5c6ccccc6C(Br)(c6ccccc65)C4C3=O)cc2)cc1. The first-order valence-corrected chi connectivity index (χ1v) is 14.3. The third kappa shape index (κ3) is 3.71. The number of esters is 1. The van der Waals surface area contributed by atoms with Crippen LogP contribution in [0.25, 0.3) is 0 Å². The van der Waals surface area contributed by atoms with E-state index in [0.29, 0.717) is 17.0 Å². The number of anilines is 1. The molecule has 1 heterocycles. The molecule has 8 heteroatoms. The molecule has 3 aliphatic carbocycles. The van der Waals surface area contributed by atoms with E-state index in [-0.39, 0.29) is 29.1 Å². The number of halogens is 1. The predicted molar refractivity (Wildman–Crippen MR) is 158 cm³/mol. The van der Waals surface area contributed by atoms with Gasteiger partial charge in [0.1, 0.15) is 5.75 Å². The van der Waals surface area contributed by atoms with Gasteiger partial charge in [-0.3, -0.25) is 14.4 Å². The lowest BCUT2D eigenvalue weighted by Gasteiger charge is -2.51. The number of amides is 2. The highest BCUT2D eigenvalue weighted by atomic mass is 79.9. The molecule has 0 saturated carbocycles. The molecular formula is C34H24BrNO6. The molecule has 1 saturated heterocycles. The van der Waals surface area contributed by atoms with E-state index < -0.39 is 28.7 Å². The molecule has 0 N–H and O–H groups in total. The van der Waals surface area contributed by atoms with Gasteiger partial charge in [0, 0.05) is 11.5 Å². The van der Waals surface area contributed by atoms with Crippen LogP contribution in [0, 0.1) is 11.8 Å². The number of alkyl halides is 1. The molecule has 0 spiro atoms. The van der Waals surface area contributed by atoms with Gasteiger partial charge in [-0.1, -0.05) is 64.5 Å². The van der Waals surface area contributed by atoms with Gasteiger partial charge in [-0.15, -0.1) is 0 Å². The van der Waals surface area contributed by atoms with Gasteiger partial charge in [0.05, 0.1) is 34.5 Å². The number of benzene rings is 4. The quantitative estimate of drug-likeness (QED) is 0.120. The number of ketones is 1. The first kappa shape index (κ1) is 26.3. The molecule has 2 bridgehead atoms. The van der Waals surface area contributed by atoms with Crippen LogP contribution in [0.4, 0.5) is 5.69 Å². The summed E-state index contributed by atoms with van der Waals surface area (Å²) in [7, 11) is 1.53. The number of hydrogen-bond donors (Lipinski definition) is 0. The molecule has 0 radical (unpaired) electrons. The minimum absolute atomic E-state index is 0.203. The van der Waals surface area contributed by atoms with E-state index in [1.165, 1.54) is 24.1 Å². The molecule has 0 aromatic heterocycles. The standard InChI is InChI=1S/C34H24BrNO6/c1-41-22-16-12-19(13-17-22)27(37)18-42-33(40)20-10-14-21(15-11-20)36-31(38)29-28-23-6-2-4-8-25(23)34(35,30(29)32(36)39)26-9-5-3-7-24(26)28/h2-17,28-30H,18H2,1H3. The fraction of sp³-hybridized carbons (Fsp3) is 0.176. The zero-order chi connectivity index (χ0) is 29.2. The lowest BCUT2D eigenvalue weighted by molar-refractivity contribution is -0.122. The lowest BCUT2D eigenvalue weighted by atomic mass is 9.55. The second kappa shape index (κ2) is 9.77. The number of ether oxygens (including phenoxy) is 2. The van der Waals surface area contributed by atoms with Gasteiger partial charge in [0.15, 0.2) is 12.4 Å². The number of nitrogens with zero attached hydrogens (tertiary/aromatic N) is 1. The number of rotatable bonds is 6. The molecule has 4 aromatic rings. The van der Waals surface area contributed by atoms with Crippen molar-refractivity contribution < 1.29 is 28.7 Å². The predicted octanol–water partition coefficient (Wildman–Crippen LogP) is 5.64. The number of imide groups is 1. The van der Waals surface area contributed by atoms with Crippen molar-refractivity contribution in [2.75, 3.05) is 18.6 Å². The molecule has 2 unspecified atom stereocenters. The van der Waals surface area contributed by atoms with Crippen LogP contribution in [0.3, 0.4) is 0 Å². The monoisotopic (exact) mass is 621 g/mol. The molecular weight excluding hydrogens is 598 g/mol. The zero-order valence-electron chi connectivity index (χ0n) is 22.5. The van der Waals surface area contributed by atoms with Gasteiger partial charge in [-0.25, -0.2) is 9.69 Å². The Bertz CT molecular complexity index is 1730. The fourth-order valence-corrected chi connectivity index (χ4v) is 7.96. The summed E-state index contributed by atoms with van der Waals surface area (Å²) in [6.45, 7) is -0.421. The van der Waals surface area contributed by atoms with Crippen LogP contribution in [0.15, 0.2) is 97.1 Å². The van der Waals surface area contributed by atoms with Crippen molar-refractivity contribution in [3.05, 3.63) is 130 Å². The third-order valence-corrected chi connectivity index (χ3v) is 9.97. The summed E-state index contributed by atoms with van der Waals surface area (Å²) in [5, 5.41) is 0. The molecule has 7 nitrogen and oxygen atoms in total. The van der Waals surface area contributed by atoms with Crippen molar-refractivity contribution in [3.63, 3.8) is 0 Å². The third-order valence-electron chi connectivity index (χ3n) is 8.62. The minimum atomic E-state index is -0.832. The molecule has 2 atom stereocenters. The topological polar surface area (TPSA) is 90.0 Å². The fourth-order valence-electron chi connectivity index (χ4n) is 6.75. The highest BCUT2D eigenvalue weighted by Gasteiger charge is 2.67. The van der Waals surface area contributed by atoms with E-state index in [9.17, 15) is 19.2 Å². The van der Waals surface area contributed by atoms with Crippen LogP contribution in [-0.4, -0.2) is 37.3 Å². The average Bonchev–Trinajstić information content (AvgIpc) is 3.30. The van der Waals surface area contributed by atoms with Gasteiger partial charge in [-0.05, 0) is 70.8 Å². The Morgan fingerprint density at radius 2 is 1.36 bits per heavy atom. The highest BCUT2D eigenvalue weighted by Crippen LogP contribution is 2.66. The Morgan fingerprint density at radius 1 is 0.786 bits per heavy atom. The maximum absolute atomic E-state index is 14.1. The van der Waals surface area contributed by atoms with Crippen molar-refractivity contribution in [1.29, 1.82) is 0 Å². The van der Waals surface area contributed by atoms with Crippen LogP contribution >= 0.6 is 15.9 Å². The van der Waals surface area contributed by atoms with E-state index in [1.54, 1.807) is 36.4 Å². The van der Waals surface area contributed by atoms with Gasteiger partial charge >= 0.3 is 5.97 Å². The highest BCUT2D eigenvalue weighted by molar-refractivity contribution is 9.09. The molecule has 1 fully saturated rings. The van der Waals surface area contributed by atoms with E-state index in [0.717, 1.165) is 22.3 Å². The van der Waals surface area contributed by atoms with Gasteiger partial charge in [0.2, 0.25) is 11.8 Å². The Balaban J connectivity index is 1.13. The summed E-state index contributed by atoms with van der Waals surface area (Å²) in [5.41, 5.74) is 5.12. The normalized spacial score (nSPS) is 23.2. The first-order valence-electron chi connectivity index (χ1n) is 13.5. The Labute approximate surface area is 250 Å². The smallest absolute Gasteiger partial charge is 0.338 e. The Hall–Kier alpha value is -4.56. The second-order valence-electron chi connectivity index (χ2n) is 10.7. The molecule has 4 aromatic carbocycles. The van der Waals surface area contributed by atoms with Crippen molar-refractivity contribution in [2.45, 2.75) is 10.2 Å². The average molecular weight is 622 g/mol. The van der Waals surface area contributed by atoms with Crippen LogP contribution in [-0.2, 0) is 18.7 Å². The van der Waals surface area contributed by atoms with E-state index in [2.05, 4.69) is 15.9 Å². The summed E-state index contributed by atoms with van der Waals surface area (Å²) in [5.74, 6) is -2.37. The maximum Gasteiger partial charge on any atom is 0.338 e. The number of hydrogen-bond acceptors (Lipinski definition) is 6. The van der Waals surface area contributed by atoms with Crippen LogP contribution in [0.2, 0.25) is 0 Å². The van der Waals surface area contributed by atoms with Crippen LogP contribution in [0.1, 0.15) is 48.9 Å². The molecule has 1 aliphatic heterocycles. The number of Topliss-reactive ketones (excluding diaryl/α,β-unsaturated/α-hetero) is 1. The summed E-state index contributed by atoms with van der Waals surface area (Å²) in [6.07, 6.45) is 0. The minimum Gasteiger partial charge on any atom is -0.497 e. The largest absolute Gasteiger partial charge is 0.497 e. The molecule has 42 heavy (non-hydrogen) atoms.